The van der Waals surface area contributed by atoms with Crippen molar-refractivity contribution in [3.05, 3.63) is 29.8 Å². The molecule has 1 amide bonds. The minimum absolute atomic E-state index is 0.147. The number of aliphatic hydroxyl groups is 2. The van der Waals surface area contributed by atoms with Crippen LogP contribution in [0.4, 0.5) is 5.69 Å². The lowest BCUT2D eigenvalue weighted by atomic mass is 10.0. The fourth-order valence-corrected chi connectivity index (χ4v) is 1.43. The molecule has 0 saturated heterocycles. The van der Waals surface area contributed by atoms with Crippen LogP contribution in [0.1, 0.15) is 25.0 Å². The zero-order valence-corrected chi connectivity index (χ0v) is 9.42. The molecule has 17 heavy (non-hydrogen) atoms. The van der Waals surface area contributed by atoms with Crippen molar-refractivity contribution in [2.45, 2.75) is 25.6 Å². The number of nitrogens with one attached hydrogen (secondary N) is 1. The van der Waals surface area contributed by atoms with Crippen LogP contribution in [-0.2, 0) is 4.79 Å². The fraction of sp³-hybridized carbons (Fsp3) is 0.333. The topological polar surface area (TPSA) is 93.3 Å². The molecule has 1 aromatic carbocycles. The maximum Gasteiger partial charge on any atom is 0.221 e. The lowest BCUT2D eigenvalue weighted by Crippen LogP contribution is -2.17. The largest absolute Gasteiger partial charge is 0.389 e. The van der Waals surface area contributed by atoms with Gasteiger partial charge in [-0.05, 0) is 17.7 Å². The number of carbonyl (C=O) groups is 1. The summed E-state index contributed by atoms with van der Waals surface area (Å²) in [6.45, 7) is 1.38. The molecule has 0 radical (unpaired) electrons. The number of aliphatic hydroxyl groups excluding tert-OH is 2. The molecule has 2 unspecified atom stereocenters. The Morgan fingerprint density at radius 1 is 1.53 bits per heavy atom. The Labute approximate surface area is 99.3 Å². The quantitative estimate of drug-likeness (QED) is 0.723. The molecule has 0 aliphatic carbocycles. The van der Waals surface area contributed by atoms with Crippen LogP contribution < -0.4 is 5.32 Å². The second kappa shape index (κ2) is 5.99. The van der Waals surface area contributed by atoms with Crippen molar-refractivity contribution in [2.24, 2.45) is 0 Å². The third-order valence-corrected chi connectivity index (χ3v) is 2.21. The number of carbonyl (C=O) groups excluding carboxylic acids is 1. The van der Waals surface area contributed by atoms with E-state index < -0.39 is 12.2 Å². The first-order valence-electron chi connectivity index (χ1n) is 5.15. The van der Waals surface area contributed by atoms with Gasteiger partial charge in [-0.3, -0.25) is 4.79 Å². The van der Waals surface area contributed by atoms with Crippen molar-refractivity contribution < 1.29 is 15.0 Å². The third-order valence-electron chi connectivity index (χ3n) is 2.21. The molecule has 1 rings (SSSR count). The summed E-state index contributed by atoms with van der Waals surface area (Å²) in [5.41, 5.74) is 0.997. The van der Waals surface area contributed by atoms with Gasteiger partial charge in [0.2, 0.25) is 5.91 Å². The maximum absolute atomic E-state index is 10.9. The molecule has 0 fully saturated rings. The molecule has 90 valence electrons. The molecule has 0 bridgehead atoms. The van der Waals surface area contributed by atoms with E-state index in [1.807, 2.05) is 0 Å². The highest BCUT2D eigenvalue weighted by molar-refractivity contribution is 5.88. The van der Waals surface area contributed by atoms with E-state index in [0.29, 0.717) is 11.3 Å². The zero-order chi connectivity index (χ0) is 12.8. The third kappa shape index (κ3) is 3.87. The normalized spacial score (nSPS) is 13.5. The van der Waals surface area contributed by atoms with E-state index in [1.165, 1.54) is 6.92 Å². The van der Waals surface area contributed by atoms with E-state index in [2.05, 4.69) is 5.32 Å². The van der Waals surface area contributed by atoms with Gasteiger partial charge in [0.05, 0.1) is 18.6 Å². The number of benzene rings is 1. The first-order chi connectivity index (χ1) is 8.04. The minimum Gasteiger partial charge on any atom is -0.389 e. The predicted octanol–water partition coefficient (Wildman–Crippen LogP) is 0.953. The monoisotopic (exact) mass is 234 g/mol. The van der Waals surface area contributed by atoms with Crippen molar-refractivity contribution in [3.8, 4) is 6.07 Å². The second-order valence-corrected chi connectivity index (χ2v) is 3.68. The maximum atomic E-state index is 10.9. The Kier molecular flexibility index (Phi) is 4.64. The van der Waals surface area contributed by atoms with Gasteiger partial charge >= 0.3 is 0 Å². The van der Waals surface area contributed by atoms with Gasteiger partial charge in [-0.1, -0.05) is 12.1 Å². The Hall–Kier alpha value is -1.90. The van der Waals surface area contributed by atoms with Crippen LogP contribution in [0.2, 0.25) is 0 Å². The number of hydrogen-bond acceptors (Lipinski definition) is 4. The van der Waals surface area contributed by atoms with Crippen LogP contribution >= 0.6 is 0 Å². The summed E-state index contributed by atoms with van der Waals surface area (Å²) in [5.74, 6) is -0.214. The van der Waals surface area contributed by atoms with E-state index in [4.69, 9.17) is 5.26 Å². The van der Waals surface area contributed by atoms with Gasteiger partial charge in [0.1, 0.15) is 6.10 Å². The molecule has 2 atom stereocenters. The van der Waals surface area contributed by atoms with E-state index in [-0.39, 0.29) is 12.3 Å². The van der Waals surface area contributed by atoms with Gasteiger partial charge in [-0.25, -0.2) is 0 Å². The van der Waals surface area contributed by atoms with Crippen molar-refractivity contribution in [3.63, 3.8) is 0 Å². The Morgan fingerprint density at radius 2 is 2.24 bits per heavy atom. The lowest BCUT2D eigenvalue weighted by Gasteiger charge is -2.16. The van der Waals surface area contributed by atoms with Crippen LogP contribution in [0.3, 0.4) is 0 Å². The summed E-state index contributed by atoms with van der Waals surface area (Å²) >= 11 is 0. The summed E-state index contributed by atoms with van der Waals surface area (Å²) in [5, 5.41) is 30.3. The number of nitrogens with zero attached hydrogens (tertiary/aromatic N) is 1. The SMILES string of the molecule is CC(=O)Nc1cccc(C(O)C(O)CC#N)c1. The minimum atomic E-state index is -1.14. The number of nitriles is 1. The van der Waals surface area contributed by atoms with Gasteiger partial charge in [-0.15, -0.1) is 0 Å². The molecule has 5 nitrogen and oxygen atoms in total. The van der Waals surface area contributed by atoms with Crippen LogP contribution in [-0.4, -0.2) is 22.2 Å². The smallest absolute Gasteiger partial charge is 0.221 e. The zero-order valence-electron chi connectivity index (χ0n) is 9.42. The van der Waals surface area contributed by atoms with Gasteiger partial charge in [0, 0.05) is 12.6 Å². The van der Waals surface area contributed by atoms with Gasteiger partial charge < -0.3 is 15.5 Å². The van der Waals surface area contributed by atoms with E-state index >= 15 is 0 Å². The number of amides is 1. The first-order valence-corrected chi connectivity index (χ1v) is 5.15. The molecule has 0 saturated carbocycles. The standard InChI is InChI=1S/C12H14N2O3/c1-8(15)14-10-4-2-3-9(7-10)12(17)11(16)5-6-13/h2-4,7,11-12,16-17H,5H2,1H3,(H,14,15). The molecular formula is C12H14N2O3. The van der Waals surface area contributed by atoms with Crippen molar-refractivity contribution in [1.29, 1.82) is 5.26 Å². The average Bonchev–Trinajstić information content (AvgIpc) is 2.28. The summed E-state index contributed by atoms with van der Waals surface area (Å²) in [7, 11) is 0. The first kappa shape index (κ1) is 13.2. The summed E-state index contributed by atoms with van der Waals surface area (Å²) < 4.78 is 0. The molecule has 0 aliphatic heterocycles. The number of rotatable bonds is 4. The lowest BCUT2D eigenvalue weighted by molar-refractivity contribution is -0.114. The fourth-order valence-electron chi connectivity index (χ4n) is 1.43. The number of anilines is 1. The average molecular weight is 234 g/mol. The van der Waals surface area contributed by atoms with Crippen LogP contribution in [0.5, 0.6) is 0 Å². The highest BCUT2D eigenvalue weighted by Crippen LogP contribution is 2.21. The summed E-state index contributed by atoms with van der Waals surface area (Å²) in [4.78, 5) is 10.9. The summed E-state index contributed by atoms with van der Waals surface area (Å²) in [6, 6.07) is 8.30. The Bertz CT molecular complexity index is 440. The number of hydrogen-bond donors (Lipinski definition) is 3. The molecular weight excluding hydrogens is 220 g/mol. The van der Waals surface area contributed by atoms with Crippen LogP contribution in [0.25, 0.3) is 0 Å². The van der Waals surface area contributed by atoms with Gasteiger partial charge in [0.15, 0.2) is 0 Å². The van der Waals surface area contributed by atoms with Gasteiger partial charge in [0.25, 0.3) is 0 Å². The molecule has 3 N–H and O–H groups in total. The van der Waals surface area contributed by atoms with Gasteiger partial charge in [-0.2, -0.15) is 5.26 Å². The Balaban J connectivity index is 2.84. The molecule has 0 aromatic heterocycles. The molecule has 0 heterocycles. The molecule has 0 aliphatic rings. The van der Waals surface area contributed by atoms with E-state index in [9.17, 15) is 15.0 Å². The highest BCUT2D eigenvalue weighted by atomic mass is 16.3. The summed E-state index contributed by atoms with van der Waals surface area (Å²) in [6.07, 6.45) is -2.41. The van der Waals surface area contributed by atoms with E-state index in [0.717, 1.165) is 0 Å². The molecule has 1 aromatic rings. The van der Waals surface area contributed by atoms with Crippen molar-refractivity contribution in [1.82, 2.24) is 0 Å². The van der Waals surface area contributed by atoms with Crippen molar-refractivity contribution >= 4 is 11.6 Å². The van der Waals surface area contributed by atoms with Crippen LogP contribution in [0.15, 0.2) is 24.3 Å². The van der Waals surface area contributed by atoms with E-state index in [1.54, 1.807) is 30.3 Å². The molecule has 0 spiro atoms. The molecule has 5 heteroatoms. The predicted molar refractivity (Wildman–Crippen MR) is 61.9 cm³/mol. The Morgan fingerprint density at radius 3 is 2.82 bits per heavy atom. The second-order valence-electron chi connectivity index (χ2n) is 3.68. The van der Waals surface area contributed by atoms with Crippen LogP contribution in [0, 0.1) is 11.3 Å². The highest BCUT2D eigenvalue weighted by Gasteiger charge is 2.18. The van der Waals surface area contributed by atoms with Crippen molar-refractivity contribution in [2.75, 3.05) is 5.32 Å².